The molecule has 0 bridgehead atoms. The average Bonchev–Trinajstić information content (AvgIpc) is 2.82. The van der Waals surface area contributed by atoms with Gasteiger partial charge in [-0.15, -0.1) is 11.3 Å². The molecule has 4 heteroatoms. The number of hydrogen-bond donors (Lipinski definition) is 1. The van der Waals surface area contributed by atoms with Gasteiger partial charge in [0.05, 0.1) is 5.69 Å². The van der Waals surface area contributed by atoms with Crippen LogP contribution in [0.4, 0.5) is 0 Å². The summed E-state index contributed by atoms with van der Waals surface area (Å²) in [7, 11) is 1.97. The van der Waals surface area contributed by atoms with Crippen LogP contribution in [0.2, 0.25) is 0 Å². The molecule has 18 heavy (non-hydrogen) atoms. The maximum absolute atomic E-state index is 4.78. The van der Waals surface area contributed by atoms with E-state index in [1.165, 1.54) is 21.7 Å². The zero-order valence-electron chi connectivity index (χ0n) is 11.2. The van der Waals surface area contributed by atoms with Crippen molar-refractivity contribution in [2.75, 3.05) is 7.05 Å². The normalized spacial score (nSPS) is 10.8. The van der Waals surface area contributed by atoms with Gasteiger partial charge in [0.1, 0.15) is 5.01 Å². The molecule has 0 unspecified atom stereocenters. The molecule has 0 aliphatic heterocycles. The summed E-state index contributed by atoms with van der Waals surface area (Å²) in [5.74, 6) is 0. The second kappa shape index (κ2) is 6.07. The van der Waals surface area contributed by atoms with Crippen molar-refractivity contribution in [1.29, 1.82) is 0 Å². The second-order valence-electron chi connectivity index (χ2n) is 4.16. The van der Waals surface area contributed by atoms with Crippen LogP contribution in [0.3, 0.4) is 0 Å². The smallest absolute Gasteiger partial charge is 0.124 e. The first-order valence-corrected chi connectivity index (χ1v) is 7.18. The van der Waals surface area contributed by atoms with Crippen LogP contribution < -0.4 is 5.32 Å². The van der Waals surface area contributed by atoms with E-state index in [1.54, 1.807) is 11.3 Å². The van der Waals surface area contributed by atoms with Crippen molar-refractivity contribution >= 4 is 11.3 Å². The van der Waals surface area contributed by atoms with Crippen molar-refractivity contribution in [2.45, 2.75) is 33.2 Å². The SMILES string of the molecule is CCc1cnccc1-c1nc(CC)c(CNC)s1. The Morgan fingerprint density at radius 3 is 2.78 bits per heavy atom. The molecule has 2 heterocycles. The molecule has 3 nitrogen and oxygen atoms in total. The van der Waals surface area contributed by atoms with Crippen LogP contribution in [0, 0.1) is 0 Å². The monoisotopic (exact) mass is 261 g/mol. The lowest BCUT2D eigenvalue weighted by Gasteiger charge is -2.02. The first kappa shape index (κ1) is 13.2. The molecule has 1 N–H and O–H groups in total. The lowest BCUT2D eigenvalue weighted by molar-refractivity contribution is 0.814. The molecule has 96 valence electrons. The predicted molar refractivity (Wildman–Crippen MR) is 76.9 cm³/mol. The standard InChI is InChI=1S/C14H19N3S/c1-4-10-8-16-7-6-11(10)14-17-12(5-2)13(18-14)9-15-3/h6-8,15H,4-5,9H2,1-3H3. The minimum atomic E-state index is 0.896. The number of aryl methyl sites for hydroxylation is 2. The number of hydrogen-bond acceptors (Lipinski definition) is 4. The summed E-state index contributed by atoms with van der Waals surface area (Å²) >= 11 is 1.79. The zero-order chi connectivity index (χ0) is 13.0. The number of rotatable bonds is 5. The Kier molecular flexibility index (Phi) is 4.44. The van der Waals surface area contributed by atoms with Gasteiger partial charge in [-0.3, -0.25) is 4.98 Å². The van der Waals surface area contributed by atoms with Gasteiger partial charge in [0.15, 0.2) is 0 Å². The lowest BCUT2D eigenvalue weighted by Crippen LogP contribution is -2.05. The van der Waals surface area contributed by atoms with Gasteiger partial charge in [-0.05, 0) is 31.5 Å². The van der Waals surface area contributed by atoms with Crippen LogP contribution in [0.25, 0.3) is 10.6 Å². The van der Waals surface area contributed by atoms with Gasteiger partial charge in [-0.25, -0.2) is 4.98 Å². The van der Waals surface area contributed by atoms with Crippen LogP contribution in [0.1, 0.15) is 30.0 Å². The maximum atomic E-state index is 4.78. The Labute approximate surface area is 112 Å². The summed E-state index contributed by atoms with van der Waals surface area (Å²) in [5, 5.41) is 4.33. The third-order valence-corrected chi connectivity index (χ3v) is 4.10. The third-order valence-electron chi connectivity index (χ3n) is 2.97. The first-order valence-electron chi connectivity index (χ1n) is 6.36. The van der Waals surface area contributed by atoms with E-state index in [1.807, 2.05) is 19.4 Å². The summed E-state index contributed by atoms with van der Waals surface area (Å²) < 4.78 is 0. The largest absolute Gasteiger partial charge is 0.315 e. The molecule has 0 fully saturated rings. The van der Waals surface area contributed by atoms with Gasteiger partial charge >= 0.3 is 0 Å². The fourth-order valence-corrected chi connectivity index (χ4v) is 3.21. The Morgan fingerprint density at radius 2 is 2.11 bits per heavy atom. The minimum Gasteiger partial charge on any atom is -0.315 e. The number of aromatic nitrogens is 2. The van der Waals surface area contributed by atoms with Crippen LogP contribution in [0.15, 0.2) is 18.5 Å². The second-order valence-corrected chi connectivity index (χ2v) is 5.24. The fourth-order valence-electron chi connectivity index (χ4n) is 1.99. The number of pyridine rings is 1. The molecule has 0 amide bonds. The molecule has 0 saturated carbocycles. The molecule has 0 aliphatic carbocycles. The van der Waals surface area contributed by atoms with Gasteiger partial charge < -0.3 is 5.32 Å². The first-order chi connectivity index (χ1) is 8.80. The average molecular weight is 261 g/mol. The highest BCUT2D eigenvalue weighted by molar-refractivity contribution is 7.15. The van der Waals surface area contributed by atoms with Crippen molar-refractivity contribution in [2.24, 2.45) is 0 Å². The van der Waals surface area contributed by atoms with E-state index in [0.29, 0.717) is 0 Å². The Balaban J connectivity index is 2.44. The summed E-state index contributed by atoms with van der Waals surface area (Å²) in [4.78, 5) is 10.3. The molecule has 2 aromatic heterocycles. The topological polar surface area (TPSA) is 37.8 Å². The van der Waals surface area contributed by atoms with Gasteiger partial charge in [-0.1, -0.05) is 13.8 Å². The molecule has 0 saturated heterocycles. The van der Waals surface area contributed by atoms with E-state index >= 15 is 0 Å². The third kappa shape index (κ3) is 2.60. The van der Waals surface area contributed by atoms with Crippen LogP contribution in [-0.4, -0.2) is 17.0 Å². The van der Waals surface area contributed by atoms with Crippen LogP contribution >= 0.6 is 11.3 Å². The molecule has 0 radical (unpaired) electrons. The van der Waals surface area contributed by atoms with Gasteiger partial charge in [-0.2, -0.15) is 0 Å². The zero-order valence-corrected chi connectivity index (χ0v) is 12.0. The van der Waals surface area contributed by atoms with Gasteiger partial charge in [0.25, 0.3) is 0 Å². The molecular weight excluding hydrogens is 242 g/mol. The number of nitrogens with one attached hydrogen (secondary N) is 1. The highest BCUT2D eigenvalue weighted by Gasteiger charge is 2.12. The number of nitrogens with zero attached hydrogens (tertiary/aromatic N) is 2. The highest BCUT2D eigenvalue weighted by Crippen LogP contribution is 2.30. The van der Waals surface area contributed by atoms with E-state index < -0.39 is 0 Å². The molecule has 2 aromatic rings. The molecule has 2 rings (SSSR count). The molecular formula is C14H19N3S. The van der Waals surface area contributed by atoms with E-state index in [-0.39, 0.29) is 0 Å². The van der Waals surface area contributed by atoms with Crippen molar-refractivity contribution in [3.05, 3.63) is 34.6 Å². The van der Waals surface area contributed by atoms with E-state index in [0.717, 1.165) is 24.4 Å². The minimum absolute atomic E-state index is 0.896. The summed E-state index contributed by atoms with van der Waals surface area (Å²) in [6, 6.07) is 2.07. The molecule has 0 atom stereocenters. The lowest BCUT2D eigenvalue weighted by atomic mass is 10.1. The van der Waals surface area contributed by atoms with E-state index in [2.05, 4.69) is 30.2 Å². The Morgan fingerprint density at radius 1 is 1.28 bits per heavy atom. The van der Waals surface area contributed by atoms with Gasteiger partial charge in [0, 0.05) is 29.4 Å². The predicted octanol–water partition coefficient (Wildman–Crippen LogP) is 3.05. The van der Waals surface area contributed by atoms with Crippen LogP contribution in [-0.2, 0) is 19.4 Å². The van der Waals surface area contributed by atoms with E-state index in [4.69, 9.17) is 4.98 Å². The van der Waals surface area contributed by atoms with Crippen molar-refractivity contribution in [3.63, 3.8) is 0 Å². The highest BCUT2D eigenvalue weighted by atomic mass is 32.1. The summed E-state index contributed by atoms with van der Waals surface area (Å²) in [6.45, 7) is 5.21. The summed E-state index contributed by atoms with van der Waals surface area (Å²) in [5.41, 5.74) is 3.71. The fraction of sp³-hybridized carbons (Fsp3) is 0.429. The quantitative estimate of drug-likeness (QED) is 0.899. The Hall–Kier alpha value is -1.26. The van der Waals surface area contributed by atoms with Crippen LogP contribution in [0.5, 0.6) is 0 Å². The molecule has 0 spiro atoms. The summed E-state index contributed by atoms with van der Waals surface area (Å²) in [6.07, 6.45) is 5.77. The number of thiazole rings is 1. The maximum Gasteiger partial charge on any atom is 0.124 e. The Bertz CT molecular complexity index is 520. The van der Waals surface area contributed by atoms with Crippen molar-refractivity contribution < 1.29 is 0 Å². The molecule has 0 aliphatic rings. The van der Waals surface area contributed by atoms with Crippen molar-refractivity contribution in [3.8, 4) is 10.6 Å². The van der Waals surface area contributed by atoms with E-state index in [9.17, 15) is 0 Å². The molecule has 0 aromatic carbocycles. The van der Waals surface area contributed by atoms with Gasteiger partial charge in [0.2, 0.25) is 0 Å². The van der Waals surface area contributed by atoms with Crippen molar-refractivity contribution in [1.82, 2.24) is 15.3 Å².